The summed E-state index contributed by atoms with van der Waals surface area (Å²) in [6.45, 7) is 4.00. The lowest BCUT2D eigenvalue weighted by Gasteiger charge is -1.98. The quantitative estimate of drug-likeness (QED) is 0.603. The van der Waals surface area contributed by atoms with Crippen molar-refractivity contribution < 1.29 is 34.8 Å². The van der Waals surface area contributed by atoms with E-state index >= 15 is 0 Å². The molecule has 0 aliphatic rings. The molecule has 7 nitrogen and oxygen atoms in total. The second-order valence-corrected chi connectivity index (χ2v) is 2.86. The molecule has 0 saturated heterocycles. The molecule has 4 N–H and O–H groups in total. The van der Waals surface area contributed by atoms with Gasteiger partial charge in [-0.05, 0) is 12.1 Å². The summed E-state index contributed by atoms with van der Waals surface area (Å²) >= 11 is 0. The van der Waals surface area contributed by atoms with E-state index in [1.54, 1.807) is 0 Å². The maximum atomic E-state index is 10.5. The van der Waals surface area contributed by atoms with E-state index in [9.17, 15) is 9.59 Å². The Kier molecular flexibility index (Phi) is 10.1. The molecule has 0 saturated carbocycles. The molecule has 0 heterocycles. The lowest BCUT2D eigenvalue weighted by molar-refractivity contribution is -0.134. The minimum absolute atomic E-state index is 0.190. The topological polar surface area (TPSA) is 132 Å². The third-order valence-electron chi connectivity index (χ3n) is 1.39. The van der Waals surface area contributed by atoms with Gasteiger partial charge in [0.1, 0.15) is 0 Å². The van der Waals surface area contributed by atoms with Crippen molar-refractivity contribution in [1.82, 2.24) is 0 Å². The first-order chi connectivity index (χ1) is 8.77. The summed E-state index contributed by atoms with van der Waals surface area (Å²) in [7, 11) is 0. The number of rotatable bonds is 2. The molecule has 0 spiro atoms. The van der Waals surface area contributed by atoms with Crippen LogP contribution in [-0.2, 0) is 4.79 Å². The predicted molar refractivity (Wildman–Crippen MR) is 66.5 cm³/mol. The van der Waals surface area contributed by atoms with Crippen LogP contribution in [0.4, 0.5) is 0 Å². The summed E-state index contributed by atoms with van der Waals surface area (Å²) in [5.41, 5.74) is -0.380. The van der Waals surface area contributed by atoms with Crippen LogP contribution in [0.2, 0.25) is 0 Å². The average Bonchev–Trinajstić information content (AvgIpc) is 2.29. The van der Waals surface area contributed by atoms with E-state index in [1.165, 1.54) is 24.3 Å². The Hall–Kier alpha value is -2.83. The third kappa shape index (κ3) is 10.1. The highest BCUT2D eigenvalue weighted by Crippen LogP contribution is 2.07. The van der Waals surface area contributed by atoms with E-state index in [-0.39, 0.29) is 11.1 Å². The Labute approximate surface area is 109 Å². The van der Waals surface area contributed by atoms with E-state index < -0.39 is 17.9 Å². The van der Waals surface area contributed by atoms with Crippen molar-refractivity contribution in [1.29, 1.82) is 0 Å². The molecule has 0 unspecified atom stereocenters. The highest BCUT2D eigenvalue weighted by atomic mass is 16.4. The fourth-order valence-corrected chi connectivity index (χ4v) is 0.856. The van der Waals surface area contributed by atoms with Crippen molar-refractivity contribution in [2.45, 2.75) is 6.92 Å². The molecule has 0 fully saturated rings. The highest BCUT2D eigenvalue weighted by Gasteiger charge is 2.13. The number of carbonyl (C=O) groups is 3. The minimum atomic E-state index is -1.23. The Morgan fingerprint density at radius 3 is 1.37 bits per heavy atom. The summed E-state index contributed by atoms with van der Waals surface area (Å²) in [6.07, 6.45) is 0.750. The van der Waals surface area contributed by atoms with Gasteiger partial charge in [-0.1, -0.05) is 18.7 Å². The standard InChI is InChI=1S/C8H6O4.C2H4O2.C2H4O/c9-7(10)5-3-1-2-4-6(5)8(11)12;1-2(3)4;1-2-3/h1-4H,(H,9,10)(H,11,12);1H3,(H,3,4);2-3H,1H2. The molecule has 1 aromatic carbocycles. The Bertz CT molecular complexity index is 414. The van der Waals surface area contributed by atoms with Crippen molar-refractivity contribution >= 4 is 17.9 Å². The third-order valence-corrected chi connectivity index (χ3v) is 1.39. The molecule has 0 radical (unpaired) electrons. The molecule has 0 bridgehead atoms. The van der Waals surface area contributed by atoms with Gasteiger partial charge in [0, 0.05) is 6.92 Å². The van der Waals surface area contributed by atoms with Crippen LogP contribution < -0.4 is 0 Å². The van der Waals surface area contributed by atoms with Crippen LogP contribution in [0.25, 0.3) is 0 Å². The second kappa shape index (κ2) is 10.3. The molecule has 7 heteroatoms. The van der Waals surface area contributed by atoms with Crippen molar-refractivity contribution in [2.24, 2.45) is 0 Å². The van der Waals surface area contributed by atoms with E-state index in [1.807, 2.05) is 0 Å². The van der Waals surface area contributed by atoms with Gasteiger partial charge in [-0.25, -0.2) is 9.59 Å². The van der Waals surface area contributed by atoms with Crippen LogP contribution in [0.5, 0.6) is 0 Å². The van der Waals surface area contributed by atoms with Crippen LogP contribution in [0.3, 0.4) is 0 Å². The summed E-state index contributed by atoms with van der Waals surface area (Å²) in [5.74, 6) is -3.29. The number of aliphatic hydroxyl groups is 1. The largest absolute Gasteiger partial charge is 0.516 e. The van der Waals surface area contributed by atoms with Gasteiger partial charge in [0.25, 0.3) is 5.97 Å². The Balaban J connectivity index is 0. The number of aromatic carboxylic acids is 2. The average molecular weight is 270 g/mol. The summed E-state index contributed by atoms with van der Waals surface area (Å²) in [5, 5.41) is 31.9. The normalized spacial score (nSPS) is 7.84. The number of hydrogen-bond donors (Lipinski definition) is 4. The maximum Gasteiger partial charge on any atom is 0.336 e. The zero-order chi connectivity index (χ0) is 15.4. The molecule has 19 heavy (non-hydrogen) atoms. The van der Waals surface area contributed by atoms with Gasteiger partial charge in [-0.3, -0.25) is 4.79 Å². The molecule has 0 aromatic heterocycles. The summed E-state index contributed by atoms with van der Waals surface area (Å²) in [6, 6.07) is 5.48. The minimum Gasteiger partial charge on any atom is -0.516 e. The van der Waals surface area contributed by atoms with Crippen molar-refractivity contribution in [3.05, 3.63) is 48.2 Å². The lowest BCUT2D eigenvalue weighted by Crippen LogP contribution is -2.06. The molecule has 104 valence electrons. The summed E-state index contributed by atoms with van der Waals surface area (Å²) in [4.78, 5) is 29.9. The van der Waals surface area contributed by atoms with E-state index in [4.69, 9.17) is 25.2 Å². The Morgan fingerprint density at radius 2 is 1.21 bits per heavy atom. The van der Waals surface area contributed by atoms with Gasteiger partial charge < -0.3 is 20.4 Å². The molecule has 1 aromatic rings. The molecule has 0 atom stereocenters. The lowest BCUT2D eigenvalue weighted by atomic mass is 10.1. The molecule has 0 aliphatic carbocycles. The van der Waals surface area contributed by atoms with E-state index in [0.717, 1.165) is 13.2 Å². The number of carboxylic acids is 3. The predicted octanol–water partition coefficient (Wildman–Crippen LogP) is 1.86. The molecule has 0 amide bonds. The number of hydrogen-bond acceptors (Lipinski definition) is 4. The highest BCUT2D eigenvalue weighted by molar-refractivity contribution is 6.01. The van der Waals surface area contributed by atoms with Crippen molar-refractivity contribution in [3.8, 4) is 0 Å². The number of aliphatic hydroxyl groups excluding tert-OH is 1. The number of carboxylic acid groups (broad SMARTS) is 3. The van der Waals surface area contributed by atoms with Crippen LogP contribution in [0.15, 0.2) is 37.1 Å². The van der Waals surface area contributed by atoms with E-state index in [2.05, 4.69) is 6.58 Å². The van der Waals surface area contributed by atoms with Crippen LogP contribution in [-0.4, -0.2) is 38.3 Å². The molecular weight excluding hydrogens is 256 g/mol. The first-order valence-electron chi connectivity index (χ1n) is 4.78. The summed E-state index contributed by atoms with van der Waals surface area (Å²) < 4.78 is 0. The zero-order valence-electron chi connectivity index (χ0n) is 10.1. The van der Waals surface area contributed by atoms with Crippen molar-refractivity contribution in [3.63, 3.8) is 0 Å². The second-order valence-electron chi connectivity index (χ2n) is 2.86. The zero-order valence-corrected chi connectivity index (χ0v) is 10.1. The first kappa shape index (κ1) is 18.5. The fraction of sp³-hybridized carbons (Fsp3) is 0.0833. The van der Waals surface area contributed by atoms with Crippen LogP contribution in [0.1, 0.15) is 27.6 Å². The van der Waals surface area contributed by atoms with Gasteiger partial charge in [0.15, 0.2) is 0 Å². The first-order valence-corrected chi connectivity index (χ1v) is 4.78. The fourth-order valence-electron chi connectivity index (χ4n) is 0.856. The van der Waals surface area contributed by atoms with Gasteiger partial charge in [-0.2, -0.15) is 0 Å². The molecular formula is C12H14O7. The van der Waals surface area contributed by atoms with Crippen LogP contribution >= 0.6 is 0 Å². The van der Waals surface area contributed by atoms with E-state index in [0.29, 0.717) is 0 Å². The number of aliphatic carboxylic acids is 1. The van der Waals surface area contributed by atoms with Gasteiger partial charge >= 0.3 is 11.9 Å². The SMILES string of the molecule is C=CO.CC(=O)O.O=C(O)c1ccccc1C(=O)O. The van der Waals surface area contributed by atoms with Crippen molar-refractivity contribution in [2.75, 3.05) is 0 Å². The van der Waals surface area contributed by atoms with Crippen LogP contribution in [0, 0.1) is 0 Å². The number of benzene rings is 1. The van der Waals surface area contributed by atoms with Gasteiger partial charge in [0.05, 0.1) is 17.4 Å². The monoisotopic (exact) mass is 270 g/mol. The molecule has 0 aliphatic heterocycles. The van der Waals surface area contributed by atoms with Gasteiger partial charge in [-0.15, -0.1) is 0 Å². The Morgan fingerprint density at radius 1 is 1.00 bits per heavy atom. The maximum absolute atomic E-state index is 10.5. The van der Waals surface area contributed by atoms with Gasteiger partial charge in [0.2, 0.25) is 0 Å². The molecule has 1 rings (SSSR count). The smallest absolute Gasteiger partial charge is 0.336 e.